The molecule has 0 unspecified atom stereocenters. The summed E-state index contributed by atoms with van der Waals surface area (Å²) in [5.41, 5.74) is 7.12. The van der Waals surface area contributed by atoms with Crippen LogP contribution >= 0.6 is 0 Å². The first kappa shape index (κ1) is 12.4. The number of sulfonamides is 1. The summed E-state index contributed by atoms with van der Waals surface area (Å²) in [5, 5.41) is 5.98. The number of nitrogens with two attached hydrogens (primary N) is 1. The van der Waals surface area contributed by atoms with Crippen molar-refractivity contribution in [1.29, 1.82) is 0 Å². The Morgan fingerprint density at radius 2 is 2.00 bits per heavy atom. The van der Waals surface area contributed by atoms with Gasteiger partial charge in [-0.2, -0.15) is 5.10 Å². The molecule has 1 aromatic carbocycles. The third-order valence-corrected chi connectivity index (χ3v) is 3.94. The van der Waals surface area contributed by atoms with Gasteiger partial charge in [-0.25, -0.2) is 8.42 Å². The van der Waals surface area contributed by atoms with E-state index in [4.69, 9.17) is 5.73 Å². The number of hydrogen-bond donors (Lipinski definition) is 3. The van der Waals surface area contributed by atoms with Crippen molar-refractivity contribution in [2.75, 3.05) is 10.5 Å². The van der Waals surface area contributed by atoms with Crippen LogP contribution in [0.3, 0.4) is 0 Å². The van der Waals surface area contributed by atoms with Gasteiger partial charge in [0, 0.05) is 5.69 Å². The highest BCUT2D eigenvalue weighted by Gasteiger charge is 2.19. The van der Waals surface area contributed by atoms with E-state index < -0.39 is 10.0 Å². The lowest BCUT2D eigenvalue weighted by Gasteiger charge is -2.07. The van der Waals surface area contributed by atoms with Gasteiger partial charge in [-0.1, -0.05) is 19.1 Å². The van der Waals surface area contributed by atoms with Crippen molar-refractivity contribution < 1.29 is 8.42 Å². The fourth-order valence-corrected chi connectivity index (χ4v) is 2.60. The molecule has 0 aliphatic rings. The molecule has 0 amide bonds. The Labute approximate surface area is 105 Å². The Hall–Kier alpha value is -2.02. The Balaban J connectivity index is 2.25. The molecule has 6 nitrogen and oxygen atoms in total. The van der Waals surface area contributed by atoms with E-state index in [1.807, 2.05) is 19.1 Å². The van der Waals surface area contributed by atoms with Crippen LogP contribution in [0.2, 0.25) is 0 Å². The lowest BCUT2D eigenvalue weighted by Crippen LogP contribution is -2.13. The van der Waals surface area contributed by atoms with E-state index in [2.05, 4.69) is 14.9 Å². The number of rotatable bonds is 4. The third-order valence-electron chi connectivity index (χ3n) is 2.54. The molecule has 96 valence electrons. The average molecular weight is 266 g/mol. The Morgan fingerprint density at radius 3 is 2.50 bits per heavy atom. The molecule has 7 heteroatoms. The first-order chi connectivity index (χ1) is 8.53. The molecular weight excluding hydrogens is 252 g/mol. The maximum absolute atomic E-state index is 12.0. The monoisotopic (exact) mass is 266 g/mol. The molecule has 0 spiro atoms. The molecule has 0 atom stereocenters. The second kappa shape index (κ2) is 4.69. The van der Waals surface area contributed by atoms with Gasteiger partial charge >= 0.3 is 0 Å². The lowest BCUT2D eigenvalue weighted by molar-refractivity contribution is 0.601. The molecule has 2 rings (SSSR count). The van der Waals surface area contributed by atoms with E-state index in [1.165, 1.54) is 6.20 Å². The van der Waals surface area contributed by atoms with Gasteiger partial charge in [-0.05, 0) is 24.1 Å². The van der Waals surface area contributed by atoms with E-state index in [-0.39, 0.29) is 10.7 Å². The van der Waals surface area contributed by atoms with Gasteiger partial charge in [0.15, 0.2) is 0 Å². The van der Waals surface area contributed by atoms with Crippen LogP contribution in [0.4, 0.5) is 11.5 Å². The average Bonchev–Trinajstić information content (AvgIpc) is 2.77. The SMILES string of the molecule is CCc1ccc(NS(=O)(=O)c2cn[nH]c2N)cc1. The van der Waals surface area contributed by atoms with E-state index in [9.17, 15) is 8.42 Å². The van der Waals surface area contributed by atoms with Crippen LogP contribution in [0.5, 0.6) is 0 Å². The summed E-state index contributed by atoms with van der Waals surface area (Å²) in [6.45, 7) is 2.03. The summed E-state index contributed by atoms with van der Waals surface area (Å²) in [6.07, 6.45) is 2.08. The van der Waals surface area contributed by atoms with Crippen molar-refractivity contribution in [1.82, 2.24) is 10.2 Å². The maximum Gasteiger partial charge on any atom is 0.267 e. The number of nitrogen functional groups attached to an aromatic ring is 1. The Morgan fingerprint density at radius 1 is 1.33 bits per heavy atom. The van der Waals surface area contributed by atoms with Crippen LogP contribution in [0.25, 0.3) is 0 Å². The molecule has 0 bridgehead atoms. The second-order valence-electron chi connectivity index (χ2n) is 3.80. The number of benzene rings is 1. The molecule has 1 heterocycles. The van der Waals surface area contributed by atoms with Gasteiger partial charge in [-0.3, -0.25) is 9.82 Å². The van der Waals surface area contributed by atoms with Gasteiger partial charge in [0.1, 0.15) is 10.7 Å². The summed E-state index contributed by atoms with van der Waals surface area (Å²) in [7, 11) is -3.69. The lowest BCUT2D eigenvalue weighted by atomic mass is 10.2. The first-order valence-electron chi connectivity index (χ1n) is 5.43. The van der Waals surface area contributed by atoms with E-state index >= 15 is 0 Å². The third kappa shape index (κ3) is 2.45. The summed E-state index contributed by atoms with van der Waals surface area (Å²) in [5.74, 6) is 0.0210. The van der Waals surface area contributed by atoms with Crippen LogP contribution in [-0.4, -0.2) is 18.6 Å². The number of aryl methyl sites for hydroxylation is 1. The number of nitrogens with zero attached hydrogens (tertiary/aromatic N) is 1. The largest absolute Gasteiger partial charge is 0.383 e. The molecule has 0 saturated carbocycles. The molecule has 2 aromatic rings. The summed E-state index contributed by atoms with van der Waals surface area (Å²) in [6, 6.07) is 7.17. The zero-order valence-electron chi connectivity index (χ0n) is 9.84. The van der Waals surface area contributed by atoms with Crippen LogP contribution in [0.15, 0.2) is 35.4 Å². The van der Waals surface area contributed by atoms with Gasteiger partial charge in [0.2, 0.25) is 0 Å². The van der Waals surface area contributed by atoms with Gasteiger partial charge < -0.3 is 5.73 Å². The zero-order chi connectivity index (χ0) is 13.2. The molecule has 18 heavy (non-hydrogen) atoms. The van der Waals surface area contributed by atoms with Gasteiger partial charge in [0.05, 0.1) is 6.20 Å². The minimum absolute atomic E-state index is 0.0210. The smallest absolute Gasteiger partial charge is 0.267 e. The molecule has 0 radical (unpaired) electrons. The summed E-state index contributed by atoms with van der Waals surface area (Å²) < 4.78 is 26.4. The molecule has 4 N–H and O–H groups in total. The number of aromatic nitrogens is 2. The van der Waals surface area contributed by atoms with Crippen molar-refractivity contribution in [3.63, 3.8) is 0 Å². The highest BCUT2D eigenvalue weighted by Crippen LogP contribution is 2.19. The number of hydrogen-bond acceptors (Lipinski definition) is 4. The fraction of sp³-hybridized carbons (Fsp3) is 0.182. The predicted molar refractivity (Wildman–Crippen MR) is 69.6 cm³/mol. The number of nitrogens with one attached hydrogen (secondary N) is 2. The van der Waals surface area contributed by atoms with Gasteiger partial charge in [0.25, 0.3) is 10.0 Å². The number of anilines is 2. The normalized spacial score (nSPS) is 11.4. The summed E-state index contributed by atoms with van der Waals surface area (Å²) in [4.78, 5) is -0.0536. The molecule has 1 aromatic heterocycles. The topological polar surface area (TPSA) is 101 Å². The van der Waals surface area contributed by atoms with Crippen molar-refractivity contribution in [3.8, 4) is 0 Å². The minimum atomic E-state index is -3.69. The number of aromatic amines is 1. The molecule has 0 aliphatic carbocycles. The van der Waals surface area contributed by atoms with E-state index in [0.717, 1.165) is 12.0 Å². The van der Waals surface area contributed by atoms with Crippen molar-refractivity contribution in [3.05, 3.63) is 36.0 Å². The fourth-order valence-electron chi connectivity index (χ4n) is 1.52. The van der Waals surface area contributed by atoms with Gasteiger partial charge in [-0.15, -0.1) is 0 Å². The Kier molecular flexibility index (Phi) is 3.24. The first-order valence-corrected chi connectivity index (χ1v) is 6.92. The van der Waals surface area contributed by atoms with Crippen molar-refractivity contribution >= 4 is 21.5 Å². The van der Waals surface area contributed by atoms with Crippen LogP contribution in [0, 0.1) is 0 Å². The van der Waals surface area contributed by atoms with Crippen LogP contribution < -0.4 is 10.5 Å². The maximum atomic E-state index is 12.0. The van der Waals surface area contributed by atoms with Crippen molar-refractivity contribution in [2.45, 2.75) is 18.2 Å². The Bertz CT molecular complexity index is 631. The minimum Gasteiger partial charge on any atom is -0.383 e. The molecule has 0 aliphatic heterocycles. The second-order valence-corrected chi connectivity index (χ2v) is 5.45. The predicted octanol–water partition coefficient (Wildman–Crippen LogP) is 1.36. The van der Waals surface area contributed by atoms with Crippen molar-refractivity contribution in [2.24, 2.45) is 0 Å². The zero-order valence-corrected chi connectivity index (χ0v) is 10.7. The standard InChI is InChI=1S/C11H14N4O2S/c1-2-8-3-5-9(6-4-8)15-18(16,17)10-7-13-14-11(10)12/h3-7,15H,2H2,1H3,(H3,12,13,14). The molecule has 0 saturated heterocycles. The highest BCUT2D eigenvalue weighted by molar-refractivity contribution is 7.92. The summed E-state index contributed by atoms with van der Waals surface area (Å²) >= 11 is 0. The van der Waals surface area contributed by atoms with Crippen LogP contribution in [0.1, 0.15) is 12.5 Å². The molecular formula is C11H14N4O2S. The van der Waals surface area contributed by atoms with E-state index in [0.29, 0.717) is 5.69 Å². The molecule has 0 fully saturated rings. The highest BCUT2D eigenvalue weighted by atomic mass is 32.2. The van der Waals surface area contributed by atoms with E-state index in [1.54, 1.807) is 12.1 Å². The number of H-pyrrole nitrogens is 1. The van der Waals surface area contributed by atoms with Crippen LogP contribution in [-0.2, 0) is 16.4 Å². The quantitative estimate of drug-likeness (QED) is 0.777.